The van der Waals surface area contributed by atoms with Gasteiger partial charge in [-0.15, -0.1) is 0 Å². The number of carbonyl (C=O) groups excluding carboxylic acids is 1. The third-order valence-corrected chi connectivity index (χ3v) is 4.67. The summed E-state index contributed by atoms with van der Waals surface area (Å²) in [6.45, 7) is 10.3. The highest BCUT2D eigenvalue weighted by Crippen LogP contribution is 2.18. The molecule has 1 atom stereocenters. The lowest BCUT2D eigenvalue weighted by atomic mass is 10.1. The van der Waals surface area contributed by atoms with Crippen LogP contribution in [0.5, 0.6) is 5.75 Å². The number of ether oxygens (including phenoxy) is 2. The molecule has 146 valence electrons. The molecule has 0 saturated carbocycles. The quantitative estimate of drug-likeness (QED) is 0.803. The molecule has 1 saturated heterocycles. The number of morpholine rings is 1. The van der Waals surface area contributed by atoms with Crippen molar-refractivity contribution < 1.29 is 18.8 Å². The number of benzene rings is 1. The molecule has 1 aliphatic heterocycles. The molecular formula is C20H27N3O4. The fourth-order valence-corrected chi connectivity index (χ4v) is 3.11. The first-order chi connectivity index (χ1) is 13.0. The summed E-state index contributed by atoms with van der Waals surface area (Å²) in [6.07, 6.45) is 0. The van der Waals surface area contributed by atoms with Crippen LogP contribution in [0.3, 0.4) is 0 Å². The third-order valence-electron chi connectivity index (χ3n) is 4.67. The molecule has 1 amide bonds. The highest BCUT2D eigenvalue weighted by Gasteiger charge is 2.16. The van der Waals surface area contributed by atoms with Gasteiger partial charge in [-0.25, -0.2) is 0 Å². The minimum Gasteiger partial charge on any atom is -0.489 e. The van der Waals surface area contributed by atoms with Crippen molar-refractivity contribution in [3.63, 3.8) is 0 Å². The molecular weight excluding hydrogens is 346 g/mol. The Morgan fingerprint density at radius 2 is 2.11 bits per heavy atom. The molecule has 7 heteroatoms. The van der Waals surface area contributed by atoms with Gasteiger partial charge in [0.15, 0.2) is 0 Å². The van der Waals surface area contributed by atoms with E-state index >= 15 is 0 Å². The fourth-order valence-electron chi connectivity index (χ4n) is 3.11. The van der Waals surface area contributed by atoms with E-state index in [0.717, 1.165) is 49.9 Å². The second-order valence-corrected chi connectivity index (χ2v) is 6.91. The predicted octanol–water partition coefficient (Wildman–Crippen LogP) is 2.32. The lowest BCUT2D eigenvalue weighted by Gasteiger charge is -2.29. The van der Waals surface area contributed by atoms with E-state index in [-0.39, 0.29) is 11.9 Å². The Morgan fingerprint density at radius 1 is 1.33 bits per heavy atom. The summed E-state index contributed by atoms with van der Waals surface area (Å²) in [5, 5.41) is 6.98. The topological polar surface area (TPSA) is 76.8 Å². The van der Waals surface area contributed by atoms with Gasteiger partial charge in [-0.2, -0.15) is 0 Å². The van der Waals surface area contributed by atoms with Crippen molar-refractivity contribution in [2.45, 2.75) is 33.4 Å². The summed E-state index contributed by atoms with van der Waals surface area (Å²) in [6, 6.07) is 7.27. The van der Waals surface area contributed by atoms with Crippen molar-refractivity contribution in [3.05, 3.63) is 46.8 Å². The van der Waals surface area contributed by atoms with Gasteiger partial charge in [0.25, 0.3) is 5.91 Å². The first-order valence-corrected chi connectivity index (χ1v) is 9.28. The zero-order valence-electron chi connectivity index (χ0n) is 16.2. The zero-order chi connectivity index (χ0) is 19.2. The van der Waals surface area contributed by atoms with Gasteiger partial charge < -0.3 is 19.3 Å². The summed E-state index contributed by atoms with van der Waals surface area (Å²) in [4.78, 5) is 14.9. The molecule has 7 nitrogen and oxygen atoms in total. The van der Waals surface area contributed by atoms with Gasteiger partial charge in [-0.3, -0.25) is 9.69 Å². The molecule has 0 bridgehead atoms. The van der Waals surface area contributed by atoms with Gasteiger partial charge in [0.2, 0.25) is 0 Å². The van der Waals surface area contributed by atoms with Crippen LogP contribution < -0.4 is 10.1 Å². The highest BCUT2D eigenvalue weighted by molar-refractivity contribution is 5.94. The summed E-state index contributed by atoms with van der Waals surface area (Å²) in [7, 11) is 0. The molecule has 1 fully saturated rings. The van der Waals surface area contributed by atoms with Gasteiger partial charge in [0.05, 0.1) is 24.5 Å². The molecule has 3 rings (SSSR count). The molecule has 2 aromatic rings. The Hall–Kier alpha value is -2.38. The number of hydrogen-bond donors (Lipinski definition) is 1. The fraction of sp³-hybridized carbons (Fsp3) is 0.500. The number of hydrogen-bond acceptors (Lipinski definition) is 6. The van der Waals surface area contributed by atoms with E-state index in [1.54, 1.807) is 12.1 Å². The van der Waals surface area contributed by atoms with Crippen LogP contribution in [0.1, 0.15) is 34.3 Å². The maximum atomic E-state index is 12.6. The van der Waals surface area contributed by atoms with Gasteiger partial charge in [-0.1, -0.05) is 11.2 Å². The van der Waals surface area contributed by atoms with Gasteiger partial charge >= 0.3 is 0 Å². The second-order valence-electron chi connectivity index (χ2n) is 6.91. The molecule has 0 radical (unpaired) electrons. The molecule has 1 unspecified atom stereocenters. The van der Waals surface area contributed by atoms with Crippen LogP contribution in [-0.2, 0) is 11.3 Å². The van der Waals surface area contributed by atoms with Crippen LogP contribution in [0.15, 0.2) is 28.8 Å². The van der Waals surface area contributed by atoms with Crippen LogP contribution in [-0.4, -0.2) is 54.9 Å². The molecule has 1 aliphatic rings. The molecule has 1 aromatic carbocycles. The first kappa shape index (κ1) is 19.4. The number of carbonyl (C=O) groups is 1. The van der Waals surface area contributed by atoms with Crippen LogP contribution in [0, 0.1) is 13.8 Å². The monoisotopic (exact) mass is 373 g/mol. The van der Waals surface area contributed by atoms with E-state index < -0.39 is 0 Å². The minimum atomic E-state index is -0.0986. The van der Waals surface area contributed by atoms with E-state index in [1.165, 1.54) is 0 Å². The number of aryl methyl sites for hydroxylation is 2. The van der Waals surface area contributed by atoms with Crippen molar-refractivity contribution in [1.29, 1.82) is 0 Å². The summed E-state index contributed by atoms with van der Waals surface area (Å²) < 4.78 is 16.3. The molecule has 0 aliphatic carbocycles. The highest BCUT2D eigenvalue weighted by atomic mass is 16.5. The average molecular weight is 373 g/mol. The van der Waals surface area contributed by atoms with Gasteiger partial charge in [0.1, 0.15) is 18.1 Å². The number of nitrogens with one attached hydrogen (secondary N) is 1. The van der Waals surface area contributed by atoms with Crippen molar-refractivity contribution >= 4 is 5.91 Å². The molecule has 27 heavy (non-hydrogen) atoms. The van der Waals surface area contributed by atoms with E-state index in [1.807, 2.05) is 32.9 Å². The van der Waals surface area contributed by atoms with Crippen molar-refractivity contribution in [1.82, 2.24) is 15.4 Å². The number of amides is 1. The second kappa shape index (κ2) is 9.01. The van der Waals surface area contributed by atoms with E-state index in [0.29, 0.717) is 17.9 Å². The van der Waals surface area contributed by atoms with Gasteiger partial charge in [0, 0.05) is 31.2 Å². The van der Waals surface area contributed by atoms with Crippen molar-refractivity contribution in [2.24, 2.45) is 0 Å². The molecule has 0 spiro atoms. The maximum absolute atomic E-state index is 12.6. The summed E-state index contributed by atoms with van der Waals surface area (Å²) >= 11 is 0. The Morgan fingerprint density at radius 3 is 2.81 bits per heavy atom. The summed E-state index contributed by atoms with van der Waals surface area (Å²) in [5.74, 6) is 1.29. The van der Waals surface area contributed by atoms with E-state index in [4.69, 9.17) is 14.0 Å². The van der Waals surface area contributed by atoms with Crippen LogP contribution in [0.4, 0.5) is 0 Å². The minimum absolute atomic E-state index is 0.0579. The molecule has 2 heterocycles. The summed E-state index contributed by atoms with van der Waals surface area (Å²) in [5.41, 5.74) is 2.34. The Balaban J connectivity index is 1.55. The normalized spacial score (nSPS) is 16.1. The Labute approximate surface area is 159 Å². The molecule has 1 N–H and O–H groups in total. The Bertz CT molecular complexity index is 749. The van der Waals surface area contributed by atoms with Crippen LogP contribution >= 0.6 is 0 Å². The smallest absolute Gasteiger partial charge is 0.251 e. The zero-order valence-corrected chi connectivity index (χ0v) is 16.2. The number of nitrogens with zero attached hydrogens (tertiary/aromatic N) is 2. The van der Waals surface area contributed by atoms with Gasteiger partial charge in [-0.05, 0) is 39.0 Å². The predicted molar refractivity (Wildman–Crippen MR) is 101 cm³/mol. The van der Waals surface area contributed by atoms with E-state index in [2.05, 4.69) is 15.4 Å². The maximum Gasteiger partial charge on any atom is 0.251 e. The largest absolute Gasteiger partial charge is 0.489 e. The van der Waals surface area contributed by atoms with Crippen molar-refractivity contribution in [3.8, 4) is 5.75 Å². The third kappa shape index (κ3) is 5.30. The number of rotatable bonds is 7. The van der Waals surface area contributed by atoms with E-state index in [9.17, 15) is 4.79 Å². The molecule has 1 aromatic heterocycles. The lowest BCUT2D eigenvalue weighted by molar-refractivity contribution is 0.0342. The standard InChI is InChI=1S/C20H27N3O4/c1-14(12-23-7-9-25-10-8-23)21-20(24)17-5-4-6-18(11-17)26-13-19-15(2)22-27-16(19)3/h4-6,11,14H,7-10,12-13H2,1-3H3,(H,21,24). The number of aromatic nitrogens is 1. The van der Waals surface area contributed by atoms with Crippen molar-refractivity contribution in [2.75, 3.05) is 32.8 Å². The average Bonchev–Trinajstić information content (AvgIpc) is 2.99. The van der Waals surface area contributed by atoms with Crippen LogP contribution in [0.25, 0.3) is 0 Å². The Kier molecular flexibility index (Phi) is 6.47. The SMILES string of the molecule is Cc1noc(C)c1COc1cccc(C(=O)NC(C)CN2CCOCC2)c1. The van der Waals surface area contributed by atoms with Crippen LogP contribution in [0.2, 0.25) is 0 Å². The lowest BCUT2D eigenvalue weighted by Crippen LogP contribution is -2.46. The first-order valence-electron chi connectivity index (χ1n) is 9.28.